The van der Waals surface area contributed by atoms with Gasteiger partial charge in [0, 0.05) is 6.61 Å². The highest BCUT2D eigenvalue weighted by atomic mass is 16.5. The van der Waals surface area contributed by atoms with Gasteiger partial charge in [0.1, 0.15) is 0 Å². The van der Waals surface area contributed by atoms with Gasteiger partial charge < -0.3 is 4.74 Å². The lowest BCUT2D eigenvalue weighted by Gasteiger charge is -2.10. The van der Waals surface area contributed by atoms with E-state index in [9.17, 15) is 0 Å². The monoisotopic (exact) mass is 149 g/mol. The minimum Gasteiger partial charge on any atom is -0.374 e. The van der Waals surface area contributed by atoms with Crippen LogP contribution in [0.2, 0.25) is 0 Å². The Morgan fingerprint density at radius 2 is 2.00 bits per heavy atom. The highest BCUT2D eigenvalue weighted by Crippen LogP contribution is 2.14. The molecule has 1 radical (unpaired) electrons. The minimum absolute atomic E-state index is 0.161. The maximum Gasteiger partial charge on any atom is 0.0796 e. The zero-order valence-electron chi connectivity index (χ0n) is 6.79. The summed E-state index contributed by atoms with van der Waals surface area (Å²) in [7, 11) is 0. The van der Waals surface area contributed by atoms with Crippen LogP contribution in [0.3, 0.4) is 0 Å². The molecule has 11 heavy (non-hydrogen) atoms. The lowest BCUT2D eigenvalue weighted by atomic mass is 10.1. The van der Waals surface area contributed by atoms with E-state index in [1.807, 2.05) is 25.1 Å². The second-order valence-corrected chi connectivity index (χ2v) is 2.42. The van der Waals surface area contributed by atoms with Crippen LogP contribution in [-0.2, 0) is 4.74 Å². The number of rotatable bonds is 3. The van der Waals surface area contributed by atoms with E-state index in [-0.39, 0.29) is 6.10 Å². The first kappa shape index (κ1) is 8.28. The summed E-state index contributed by atoms with van der Waals surface area (Å²) < 4.78 is 5.32. The number of hydrogen-bond acceptors (Lipinski definition) is 1. The highest BCUT2D eigenvalue weighted by molar-refractivity contribution is 5.16. The molecule has 0 aliphatic carbocycles. The van der Waals surface area contributed by atoms with E-state index in [4.69, 9.17) is 4.74 Å². The average Bonchev–Trinajstić information content (AvgIpc) is 2.07. The molecule has 0 saturated carbocycles. The summed E-state index contributed by atoms with van der Waals surface area (Å²) in [6.45, 7) is 6.18. The topological polar surface area (TPSA) is 9.23 Å². The fraction of sp³-hybridized carbons (Fsp3) is 0.300. The van der Waals surface area contributed by atoms with Crippen molar-refractivity contribution in [2.75, 3.05) is 6.61 Å². The lowest BCUT2D eigenvalue weighted by molar-refractivity contribution is 0.0875. The van der Waals surface area contributed by atoms with Crippen LogP contribution in [0.4, 0.5) is 0 Å². The molecule has 0 aliphatic heterocycles. The van der Waals surface area contributed by atoms with Gasteiger partial charge >= 0.3 is 0 Å². The Hall–Kier alpha value is -0.820. The summed E-state index contributed by atoms with van der Waals surface area (Å²) in [6, 6.07) is 10.1. The molecule has 59 valence electrons. The first-order chi connectivity index (χ1) is 5.34. The van der Waals surface area contributed by atoms with Crippen molar-refractivity contribution in [1.29, 1.82) is 0 Å². The molecule has 0 N–H and O–H groups in total. The summed E-state index contributed by atoms with van der Waals surface area (Å²) in [6.07, 6.45) is 0.161. The van der Waals surface area contributed by atoms with Crippen LogP contribution in [0.15, 0.2) is 30.3 Å². The van der Waals surface area contributed by atoms with Crippen LogP contribution in [0.1, 0.15) is 18.6 Å². The SMILES string of the molecule is [CH2]COC(C)c1ccccc1. The van der Waals surface area contributed by atoms with Gasteiger partial charge in [0.15, 0.2) is 0 Å². The van der Waals surface area contributed by atoms with Crippen LogP contribution in [-0.4, -0.2) is 6.61 Å². The van der Waals surface area contributed by atoms with Gasteiger partial charge in [-0.25, -0.2) is 0 Å². The molecule has 0 saturated heterocycles. The normalized spacial score (nSPS) is 12.9. The predicted molar refractivity (Wildman–Crippen MR) is 46.2 cm³/mol. The molecule has 0 aromatic heterocycles. The quantitative estimate of drug-likeness (QED) is 0.641. The van der Waals surface area contributed by atoms with Crippen molar-refractivity contribution in [2.24, 2.45) is 0 Å². The van der Waals surface area contributed by atoms with E-state index in [0.29, 0.717) is 6.61 Å². The Morgan fingerprint density at radius 3 is 2.55 bits per heavy atom. The van der Waals surface area contributed by atoms with Crippen LogP contribution >= 0.6 is 0 Å². The Morgan fingerprint density at radius 1 is 1.36 bits per heavy atom. The van der Waals surface area contributed by atoms with Gasteiger partial charge in [0.05, 0.1) is 6.10 Å². The maximum atomic E-state index is 5.32. The summed E-state index contributed by atoms with van der Waals surface area (Å²) in [4.78, 5) is 0. The molecule has 0 spiro atoms. The molecule has 1 rings (SSSR count). The second kappa shape index (κ2) is 4.14. The van der Waals surface area contributed by atoms with E-state index in [0.717, 1.165) is 0 Å². The zero-order valence-corrected chi connectivity index (χ0v) is 6.79. The van der Waals surface area contributed by atoms with Crippen LogP contribution in [0.5, 0.6) is 0 Å². The minimum atomic E-state index is 0.161. The molecular formula is C10H13O. The Balaban J connectivity index is 2.61. The van der Waals surface area contributed by atoms with E-state index in [2.05, 4.69) is 19.1 Å². The number of hydrogen-bond donors (Lipinski definition) is 0. The maximum absolute atomic E-state index is 5.32. The van der Waals surface area contributed by atoms with Crippen molar-refractivity contribution in [1.82, 2.24) is 0 Å². The van der Waals surface area contributed by atoms with Crippen LogP contribution in [0.25, 0.3) is 0 Å². The Labute approximate surface area is 68.0 Å². The molecular weight excluding hydrogens is 136 g/mol. The zero-order chi connectivity index (χ0) is 8.10. The summed E-state index contributed by atoms with van der Waals surface area (Å²) in [5, 5.41) is 0. The van der Waals surface area contributed by atoms with Crippen molar-refractivity contribution in [3.05, 3.63) is 42.8 Å². The predicted octanol–water partition coefficient (Wildman–Crippen LogP) is 2.60. The molecule has 1 nitrogen and oxygen atoms in total. The van der Waals surface area contributed by atoms with Crippen molar-refractivity contribution in [2.45, 2.75) is 13.0 Å². The third-order valence-electron chi connectivity index (χ3n) is 1.64. The molecule has 1 atom stereocenters. The lowest BCUT2D eigenvalue weighted by Crippen LogP contribution is -1.98. The van der Waals surface area contributed by atoms with Gasteiger partial charge in [0.25, 0.3) is 0 Å². The van der Waals surface area contributed by atoms with Crippen molar-refractivity contribution < 1.29 is 4.74 Å². The first-order valence-electron chi connectivity index (χ1n) is 3.80. The highest BCUT2D eigenvalue weighted by Gasteiger charge is 2.01. The molecule has 0 bridgehead atoms. The fourth-order valence-corrected chi connectivity index (χ4v) is 0.997. The van der Waals surface area contributed by atoms with Gasteiger partial charge in [0.2, 0.25) is 0 Å². The van der Waals surface area contributed by atoms with Crippen LogP contribution in [0, 0.1) is 6.92 Å². The van der Waals surface area contributed by atoms with E-state index in [1.165, 1.54) is 5.56 Å². The van der Waals surface area contributed by atoms with Crippen molar-refractivity contribution >= 4 is 0 Å². The van der Waals surface area contributed by atoms with Gasteiger partial charge in [-0.1, -0.05) is 30.3 Å². The summed E-state index contributed by atoms with van der Waals surface area (Å²) >= 11 is 0. The third-order valence-corrected chi connectivity index (χ3v) is 1.64. The summed E-state index contributed by atoms with van der Waals surface area (Å²) in [5.41, 5.74) is 1.20. The van der Waals surface area contributed by atoms with E-state index in [1.54, 1.807) is 0 Å². The average molecular weight is 149 g/mol. The molecule has 0 heterocycles. The molecule has 1 heteroatoms. The largest absolute Gasteiger partial charge is 0.374 e. The Bertz CT molecular complexity index is 193. The molecule has 1 unspecified atom stereocenters. The fourth-order valence-electron chi connectivity index (χ4n) is 0.997. The molecule has 0 aliphatic rings. The molecule has 0 amide bonds. The Kier molecular flexibility index (Phi) is 3.12. The second-order valence-electron chi connectivity index (χ2n) is 2.42. The van der Waals surface area contributed by atoms with Crippen molar-refractivity contribution in [3.8, 4) is 0 Å². The van der Waals surface area contributed by atoms with E-state index < -0.39 is 0 Å². The number of benzene rings is 1. The summed E-state index contributed by atoms with van der Waals surface area (Å²) in [5.74, 6) is 0. The molecule has 1 aromatic rings. The van der Waals surface area contributed by atoms with Gasteiger partial charge in [-0.15, -0.1) is 0 Å². The van der Waals surface area contributed by atoms with Crippen molar-refractivity contribution in [3.63, 3.8) is 0 Å². The standard InChI is InChI=1S/C10H13O/c1-3-11-9(2)10-7-5-4-6-8-10/h4-9H,1,3H2,2H3. The van der Waals surface area contributed by atoms with Gasteiger partial charge in [-0.05, 0) is 19.4 Å². The smallest absolute Gasteiger partial charge is 0.0796 e. The third kappa shape index (κ3) is 2.35. The van der Waals surface area contributed by atoms with Crippen LogP contribution < -0.4 is 0 Å². The molecule has 1 aromatic carbocycles. The first-order valence-corrected chi connectivity index (χ1v) is 3.80. The van der Waals surface area contributed by atoms with Gasteiger partial charge in [-0.3, -0.25) is 0 Å². The number of ether oxygens (including phenoxy) is 1. The molecule has 0 fully saturated rings. The van der Waals surface area contributed by atoms with Gasteiger partial charge in [-0.2, -0.15) is 0 Å². The van der Waals surface area contributed by atoms with E-state index >= 15 is 0 Å².